The highest BCUT2D eigenvalue weighted by atomic mass is 19.3. The van der Waals surface area contributed by atoms with Gasteiger partial charge in [-0.3, -0.25) is 0 Å². The van der Waals surface area contributed by atoms with E-state index in [1.54, 1.807) is 30.5 Å². The molecule has 6 heterocycles. The van der Waals surface area contributed by atoms with Crippen LogP contribution in [0.5, 0.6) is 5.88 Å². The van der Waals surface area contributed by atoms with Crippen molar-refractivity contribution in [2.45, 2.75) is 50.8 Å². The third-order valence-electron chi connectivity index (χ3n) is 9.03. The number of aliphatic carboxylic acids is 1. The van der Waals surface area contributed by atoms with Gasteiger partial charge in [0.2, 0.25) is 5.88 Å². The van der Waals surface area contributed by atoms with Crippen LogP contribution >= 0.6 is 0 Å². The van der Waals surface area contributed by atoms with Gasteiger partial charge in [0.15, 0.2) is 17.2 Å². The van der Waals surface area contributed by atoms with Gasteiger partial charge in [-0.25, -0.2) is 28.5 Å². The number of piperidine rings is 1. The summed E-state index contributed by atoms with van der Waals surface area (Å²) in [6, 6.07) is 7.82. The molecule has 4 aromatic rings. The molecule has 1 N–H and O–H groups in total. The minimum atomic E-state index is -2.97. The summed E-state index contributed by atoms with van der Waals surface area (Å²) in [5.74, 6) is 1.12. The predicted molar refractivity (Wildman–Crippen MR) is 154 cm³/mol. The summed E-state index contributed by atoms with van der Waals surface area (Å²) in [5, 5.41) is 10.7. The number of carbonyl (C=O) groups is 1. The van der Waals surface area contributed by atoms with E-state index in [4.69, 9.17) is 20.3 Å². The van der Waals surface area contributed by atoms with Gasteiger partial charge in [0, 0.05) is 41.6 Å². The average molecular weight is 590 g/mol. The lowest BCUT2D eigenvalue weighted by Gasteiger charge is -2.54. The molecule has 3 fully saturated rings. The first-order chi connectivity index (χ1) is 20.8. The summed E-state index contributed by atoms with van der Waals surface area (Å²) in [7, 11) is 0. The average Bonchev–Trinajstić information content (AvgIpc) is 3.58. The van der Waals surface area contributed by atoms with Gasteiger partial charge >= 0.3 is 5.97 Å². The third kappa shape index (κ3) is 4.50. The summed E-state index contributed by atoms with van der Waals surface area (Å²) in [5.41, 5.74) is 2.17. The van der Waals surface area contributed by atoms with E-state index in [1.807, 2.05) is 6.07 Å². The maximum Gasteiger partial charge on any atom is 0.326 e. The lowest BCUT2D eigenvalue weighted by atomic mass is 9.72. The molecule has 3 aromatic heterocycles. The predicted octanol–water partition coefficient (Wildman–Crippen LogP) is 4.81. The van der Waals surface area contributed by atoms with Crippen LogP contribution in [-0.2, 0) is 9.53 Å². The van der Waals surface area contributed by atoms with Gasteiger partial charge in [-0.2, -0.15) is 0 Å². The van der Waals surface area contributed by atoms with Crippen molar-refractivity contribution in [3.8, 4) is 18.2 Å². The molecule has 0 aliphatic carbocycles. The normalized spacial score (nSPS) is 23.2. The van der Waals surface area contributed by atoms with E-state index in [2.05, 4.69) is 32.7 Å². The minimum absolute atomic E-state index is 0.0116. The van der Waals surface area contributed by atoms with E-state index in [0.717, 1.165) is 25.1 Å². The third-order valence-corrected chi connectivity index (χ3v) is 9.03. The Morgan fingerprint density at radius 2 is 2.07 bits per heavy atom. The minimum Gasteiger partial charge on any atom is -0.480 e. The van der Waals surface area contributed by atoms with Crippen LogP contribution in [0.2, 0.25) is 0 Å². The van der Waals surface area contributed by atoms with Gasteiger partial charge in [0.05, 0.1) is 19.8 Å². The van der Waals surface area contributed by atoms with E-state index >= 15 is 0 Å². The fourth-order valence-corrected chi connectivity index (χ4v) is 6.62. The number of furan rings is 1. The number of nitrogens with zero attached hydrogens (tertiary/aromatic N) is 5. The van der Waals surface area contributed by atoms with Crippen LogP contribution in [0, 0.1) is 17.8 Å². The van der Waals surface area contributed by atoms with Gasteiger partial charge < -0.3 is 28.8 Å². The Morgan fingerprint density at radius 3 is 2.79 bits per heavy atom. The van der Waals surface area contributed by atoms with Gasteiger partial charge in [-0.15, -0.1) is 6.42 Å². The number of hydrogen-bond acceptors (Lipinski definition) is 9. The standard InChI is InChI=1S/C31H29F2N5O5/c1-3-18-11-21(37-10-6-9-31(17(37)2)15-41-16-31)29(34-13-18)42-19-12-22(30(39)40)38(14-19)28-25-24(35-27(36-28)26(32)33)20-7-4-5-8-23(20)43-25/h1,4-5,7-8,11,13,17,19,22,26H,6,9-10,12,14-16H2,2H3,(H,39,40)/t17-,19?,22-/m0/s1. The SMILES string of the molecule is C#Cc1cnc(OC2C[C@@H](C(=O)O)N(c3nc(C(F)F)nc4c3oc3ccccc34)C2)c(N2CCCC3(COC3)[C@@H]2C)c1. The molecule has 3 atom stereocenters. The lowest BCUT2D eigenvalue weighted by molar-refractivity contribution is -0.138. The number of alkyl halides is 2. The molecule has 0 bridgehead atoms. The molecule has 3 aliphatic rings. The maximum atomic E-state index is 13.9. The smallest absolute Gasteiger partial charge is 0.326 e. The Kier molecular flexibility index (Phi) is 6.58. The number of hydrogen-bond donors (Lipinski definition) is 1. The number of para-hydroxylation sites is 1. The van der Waals surface area contributed by atoms with Crippen molar-refractivity contribution in [3.05, 3.63) is 47.9 Å². The van der Waals surface area contributed by atoms with Crippen molar-refractivity contribution in [1.82, 2.24) is 15.0 Å². The number of carboxylic acids is 1. The molecule has 0 saturated carbocycles. The molecule has 3 aliphatic heterocycles. The molecular weight excluding hydrogens is 560 g/mol. The zero-order valence-electron chi connectivity index (χ0n) is 23.4. The van der Waals surface area contributed by atoms with Crippen LogP contribution in [0.4, 0.5) is 20.3 Å². The van der Waals surface area contributed by atoms with Gasteiger partial charge in [-0.05, 0) is 38.0 Å². The quantitative estimate of drug-likeness (QED) is 0.315. The maximum absolute atomic E-state index is 13.9. The second-order valence-electron chi connectivity index (χ2n) is 11.5. The molecule has 3 saturated heterocycles. The Labute approximate surface area is 245 Å². The highest BCUT2D eigenvalue weighted by Gasteiger charge is 2.49. The zero-order valence-corrected chi connectivity index (χ0v) is 23.4. The van der Waals surface area contributed by atoms with E-state index in [9.17, 15) is 18.7 Å². The first kappa shape index (κ1) is 27.3. The van der Waals surface area contributed by atoms with Gasteiger partial charge in [0.1, 0.15) is 28.9 Å². The molecule has 0 amide bonds. The monoisotopic (exact) mass is 589 g/mol. The Balaban J connectivity index is 1.25. The molecule has 1 spiro atoms. The van der Waals surface area contributed by atoms with E-state index in [0.29, 0.717) is 35.6 Å². The van der Waals surface area contributed by atoms with Crippen LogP contribution < -0.4 is 14.5 Å². The first-order valence-electron chi connectivity index (χ1n) is 14.2. The summed E-state index contributed by atoms with van der Waals surface area (Å²) < 4.78 is 45.9. The second kappa shape index (κ2) is 10.3. The molecule has 10 nitrogen and oxygen atoms in total. The summed E-state index contributed by atoms with van der Waals surface area (Å²) in [6.45, 7) is 4.38. The van der Waals surface area contributed by atoms with Gasteiger partial charge in [0.25, 0.3) is 6.43 Å². The number of carboxylic acid groups (broad SMARTS) is 1. The number of fused-ring (bicyclic) bond motifs is 3. The highest BCUT2D eigenvalue weighted by molar-refractivity contribution is 6.06. The molecule has 0 radical (unpaired) electrons. The van der Waals surface area contributed by atoms with Crippen molar-refractivity contribution in [1.29, 1.82) is 0 Å². The van der Waals surface area contributed by atoms with Crippen molar-refractivity contribution >= 4 is 39.5 Å². The number of rotatable bonds is 6. The van der Waals surface area contributed by atoms with Crippen LogP contribution in [0.15, 0.2) is 40.9 Å². The van der Waals surface area contributed by atoms with Crippen LogP contribution in [0.3, 0.4) is 0 Å². The van der Waals surface area contributed by atoms with Crippen molar-refractivity contribution in [3.63, 3.8) is 0 Å². The number of pyridine rings is 1. The summed E-state index contributed by atoms with van der Waals surface area (Å²) in [6.07, 6.45) is 5.76. The van der Waals surface area contributed by atoms with Crippen LogP contribution in [0.1, 0.15) is 44.0 Å². The number of anilines is 2. The Hall–Kier alpha value is -4.50. The number of benzene rings is 1. The van der Waals surface area contributed by atoms with E-state index in [-0.39, 0.29) is 41.3 Å². The first-order valence-corrected chi connectivity index (χ1v) is 14.2. The van der Waals surface area contributed by atoms with E-state index < -0.39 is 30.4 Å². The van der Waals surface area contributed by atoms with Crippen molar-refractivity contribution in [2.24, 2.45) is 5.41 Å². The largest absolute Gasteiger partial charge is 0.480 e. The topological polar surface area (TPSA) is 114 Å². The highest BCUT2D eigenvalue weighted by Crippen LogP contribution is 2.46. The zero-order chi connectivity index (χ0) is 29.9. The number of aromatic nitrogens is 3. The molecule has 7 rings (SSSR count). The molecule has 1 aromatic carbocycles. The second-order valence-corrected chi connectivity index (χ2v) is 11.5. The molecule has 1 unspecified atom stereocenters. The summed E-state index contributed by atoms with van der Waals surface area (Å²) in [4.78, 5) is 28.9. The van der Waals surface area contributed by atoms with E-state index in [1.165, 1.54) is 4.90 Å². The van der Waals surface area contributed by atoms with Gasteiger partial charge in [-0.1, -0.05) is 18.1 Å². The number of halogens is 2. The fraction of sp³-hybridized carbons (Fsp3) is 0.419. The molecule has 12 heteroatoms. The summed E-state index contributed by atoms with van der Waals surface area (Å²) >= 11 is 0. The van der Waals surface area contributed by atoms with Crippen molar-refractivity contribution < 1.29 is 32.6 Å². The molecular formula is C31H29F2N5O5. The molecule has 43 heavy (non-hydrogen) atoms. The van der Waals surface area contributed by atoms with Crippen molar-refractivity contribution in [2.75, 3.05) is 36.1 Å². The van der Waals surface area contributed by atoms with Crippen LogP contribution in [-0.4, -0.2) is 70.5 Å². The fourth-order valence-electron chi connectivity index (χ4n) is 6.62. The lowest BCUT2D eigenvalue weighted by Crippen LogP contribution is -2.60. The van der Waals surface area contributed by atoms with Crippen LogP contribution in [0.25, 0.3) is 22.1 Å². The Morgan fingerprint density at radius 1 is 1.26 bits per heavy atom. The molecule has 222 valence electrons. The Bertz CT molecular complexity index is 1770. The number of ether oxygens (including phenoxy) is 2. The number of terminal acetylenes is 1.